The molecule has 0 saturated carbocycles. The van der Waals surface area contributed by atoms with Crippen molar-refractivity contribution in [1.29, 1.82) is 0 Å². The Morgan fingerprint density at radius 3 is 1.78 bits per heavy atom. The topological polar surface area (TPSA) is 43.1 Å². The standard InChI is InChI=1S/C41H24N4/c1-2-21-45-24-37(42-38(45)12-1)29-9-3-8-28(22-29)35-19-16-26-13-14-27-17-20-36(44-41(27)40(26)43-35)30-15-18-31-32-10-4-6-25-7-5-11-33(39(25)32)34(31)23-30/h1-24H. The first-order chi connectivity index (χ1) is 22.3. The molecule has 0 amide bonds. The van der Waals surface area contributed by atoms with E-state index < -0.39 is 0 Å². The van der Waals surface area contributed by atoms with Gasteiger partial charge in [0.1, 0.15) is 5.65 Å². The molecule has 208 valence electrons. The molecule has 1 aliphatic carbocycles. The van der Waals surface area contributed by atoms with Crippen LogP contribution in [-0.4, -0.2) is 19.4 Å². The maximum Gasteiger partial charge on any atom is 0.137 e. The Balaban J connectivity index is 1.09. The summed E-state index contributed by atoms with van der Waals surface area (Å²) in [6.45, 7) is 0. The number of aromatic nitrogens is 4. The number of nitrogens with zero attached hydrogens (tertiary/aromatic N) is 4. The molecule has 10 rings (SSSR count). The highest BCUT2D eigenvalue weighted by Gasteiger charge is 2.21. The van der Waals surface area contributed by atoms with Crippen molar-refractivity contribution in [3.8, 4) is 56.0 Å². The van der Waals surface area contributed by atoms with Gasteiger partial charge in [0.25, 0.3) is 0 Å². The van der Waals surface area contributed by atoms with Crippen LogP contribution in [0.5, 0.6) is 0 Å². The second kappa shape index (κ2) is 9.18. The highest BCUT2D eigenvalue weighted by atomic mass is 15.0. The zero-order valence-electron chi connectivity index (χ0n) is 24.1. The summed E-state index contributed by atoms with van der Waals surface area (Å²) in [5, 5.41) is 4.77. The van der Waals surface area contributed by atoms with Gasteiger partial charge >= 0.3 is 0 Å². The summed E-state index contributed by atoms with van der Waals surface area (Å²) in [6, 6.07) is 47.2. The van der Waals surface area contributed by atoms with Crippen LogP contribution in [0.3, 0.4) is 0 Å². The monoisotopic (exact) mass is 572 g/mol. The summed E-state index contributed by atoms with van der Waals surface area (Å²) in [5.41, 5.74) is 13.9. The maximum atomic E-state index is 5.25. The first-order valence-corrected chi connectivity index (χ1v) is 15.2. The molecule has 5 aromatic carbocycles. The Morgan fingerprint density at radius 1 is 0.400 bits per heavy atom. The summed E-state index contributed by atoms with van der Waals surface area (Å²) >= 11 is 0. The van der Waals surface area contributed by atoms with Crippen LogP contribution in [0.15, 0.2) is 146 Å². The van der Waals surface area contributed by atoms with Crippen LogP contribution in [0.2, 0.25) is 0 Å². The van der Waals surface area contributed by atoms with Crippen molar-refractivity contribution in [2.45, 2.75) is 0 Å². The van der Waals surface area contributed by atoms with Gasteiger partial charge in [-0.2, -0.15) is 0 Å². The lowest BCUT2D eigenvalue weighted by Crippen LogP contribution is -1.91. The third-order valence-electron chi connectivity index (χ3n) is 9.14. The summed E-state index contributed by atoms with van der Waals surface area (Å²) in [6.07, 6.45) is 4.09. The van der Waals surface area contributed by atoms with Crippen molar-refractivity contribution in [2.75, 3.05) is 0 Å². The minimum absolute atomic E-state index is 0.906. The predicted molar refractivity (Wildman–Crippen MR) is 184 cm³/mol. The molecule has 0 N–H and O–H groups in total. The molecule has 0 saturated heterocycles. The predicted octanol–water partition coefficient (Wildman–Crippen LogP) is 10.2. The summed E-state index contributed by atoms with van der Waals surface area (Å²) in [7, 11) is 0. The number of rotatable bonds is 3. The van der Waals surface area contributed by atoms with Gasteiger partial charge in [-0.05, 0) is 69.4 Å². The molecular formula is C41H24N4. The molecule has 45 heavy (non-hydrogen) atoms. The number of hydrogen-bond donors (Lipinski definition) is 0. The number of pyridine rings is 3. The van der Waals surface area contributed by atoms with Gasteiger partial charge in [0.15, 0.2) is 0 Å². The molecule has 4 nitrogen and oxygen atoms in total. The van der Waals surface area contributed by atoms with Crippen molar-refractivity contribution in [1.82, 2.24) is 19.4 Å². The lowest BCUT2D eigenvalue weighted by atomic mass is 9.99. The highest BCUT2D eigenvalue weighted by molar-refractivity contribution is 6.15. The van der Waals surface area contributed by atoms with Crippen LogP contribution < -0.4 is 0 Å². The molecule has 0 radical (unpaired) electrons. The Kier molecular flexibility index (Phi) is 4.96. The van der Waals surface area contributed by atoms with Crippen LogP contribution >= 0.6 is 0 Å². The van der Waals surface area contributed by atoms with Crippen LogP contribution in [-0.2, 0) is 0 Å². The van der Waals surface area contributed by atoms with E-state index in [1.807, 2.05) is 28.8 Å². The zero-order valence-corrected chi connectivity index (χ0v) is 24.1. The lowest BCUT2D eigenvalue weighted by Gasteiger charge is -2.10. The van der Waals surface area contributed by atoms with E-state index in [-0.39, 0.29) is 0 Å². The molecule has 4 heterocycles. The number of benzene rings is 5. The smallest absolute Gasteiger partial charge is 0.137 e. The van der Waals surface area contributed by atoms with Crippen LogP contribution in [0.4, 0.5) is 0 Å². The SMILES string of the molecule is c1cc(-c2ccc3ccc4ccc(-c5ccc6c(c5)-c5cccc7cccc-6c57)nc4c3n2)cc(-c2cn3ccccc3n2)c1. The molecule has 0 unspecified atom stereocenters. The van der Waals surface area contributed by atoms with Gasteiger partial charge in [-0.3, -0.25) is 0 Å². The quantitative estimate of drug-likeness (QED) is 0.198. The highest BCUT2D eigenvalue weighted by Crippen LogP contribution is 2.48. The molecule has 0 atom stereocenters. The zero-order chi connectivity index (χ0) is 29.5. The average molecular weight is 573 g/mol. The summed E-state index contributed by atoms with van der Waals surface area (Å²) in [4.78, 5) is 15.3. The first-order valence-electron chi connectivity index (χ1n) is 15.2. The van der Waals surface area contributed by atoms with E-state index in [0.29, 0.717) is 0 Å². The number of fused-ring (bicyclic) bond motifs is 7. The molecule has 9 aromatic rings. The van der Waals surface area contributed by atoms with Gasteiger partial charge in [0, 0.05) is 39.9 Å². The van der Waals surface area contributed by atoms with E-state index in [1.54, 1.807) is 0 Å². The van der Waals surface area contributed by atoms with E-state index in [4.69, 9.17) is 15.0 Å². The van der Waals surface area contributed by atoms with Gasteiger partial charge in [0.2, 0.25) is 0 Å². The second-order valence-electron chi connectivity index (χ2n) is 11.7. The van der Waals surface area contributed by atoms with Gasteiger partial charge < -0.3 is 4.40 Å². The van der Waals surface area contributed by atoms with E-state index >= 15 is 0 Å². The lowest BCUT2D eigenvalue weighted by molar-refractivity contribution is 1.19. The summed E-state index contributed by atoms with van der Waals surface area (Å²) in [5.74, 6) is 0. The Morgan fingerprint density at radius 2 is 1.04 bits per heavy atom. The van der Waals surface area contributed by atoms with Gasteiger partial charge in [-0.25, -0.2) is 15.0 Å². The number of imidazole rings is 1. The van der Waals surface area contributed by atoms with Crippen molar-refractivity contribution >= 4 is 38.2 Å². The molecule has 0 spiro atoms. The largest absolute Gasteiger partial charge is 0.306 e. The van der Waals surface area contributed by atoms with Crippen molar-refractivity contribution in [3.63, 3.8) is 0 Å². The van der Waals surface area contributed by atoms with E-state index in [0.717, 1.165) is 61.2 Å². The molecule has 0 bridgehead atoms. The molecular weight excluding hydrogens is 548 g/mol. The maximum absolute atomic E-state index is 5.25. The minimum Gasteiger partial charge on any atom is -0.306 e. The van der Waals surface area contributed by atoms with E-state index in [1.165, 1.54) is 33.0 Å². The number of hydrogen-bond acceptors (Lipinski definition) is 3. The van der Waals surface area contributed by atoms with Crippen molar-refractivity contribution in [3.05, 3.63) is 146 Å². The summed E-state index contributed by atoms with van der Waals surface area (Å²) < 4.78 is 2.05. The van der Waals surface area contributed by atoms with E-state index in [2.05, 4.69) is 121 Å². The first kappa shape index (κ1) is 24.3. The Bertz CT molecular complexity index is 2630. The van der Waals surface area contributed by atoms with Crippen molar-refractivity contribution < 1.29 is 0 Å². The molecule has 4 aromatic heterocycles. The minimum atomic E-state index is 0.906. The van der Waals surface area contributed by atoms with Crippen molar-refractivity contribution in [2.24, 2.45) is 0 Å². The third kappa shape index (κ3) is 3.69. The molecule has 4 heteroatoms. The normalized spacial score (nSPS) is 12.0. The van der Waals surface area contributed by atoms with Gasteiger partial charge in [0.05, 0.1) is 28.1 Å². The molecule has 1 aliphatic rings. The van der Waals surface area contributed by atoms with E-state index in [9.17, 15) is 0 Å². The second-order valence-corrected chi connectivity index (χ2v) is 11.7. The fourth-order valence-electron chi connectivity index (χ4n) is 6.95. The fraction of sp³-hybridized carbons (Fsp3) is 0. The van der Waals surface area contributed by atoms with Gasteiger partial charge in [-0.15, -0.1) is 0 Å². The Hall–Kier alpha value is -6.13. The fourth-order valence-corrected chi connectivity index (χ4v) is 6.95. The molecule has 0 fully saturated rings. The van der Waals surface area contributed by atoms with Crippen LogP contribution in [0.1, 0.15) is 0 Å². The third-order valence-corrected chi connectivity index (χ3v) is 9.14. The van der Waals surface area contributed by atoms with Gasteiger partial charge in [-0.1, -0.05) is 97.1 Å². The average Bonchev–Trinajstić information content (AvgIpc) is 3.69. The Labute approximate surface area is 258 Å². The molecule has 0 aliphatic heterocycles. The van der Waals surface area contributed by atoms with Crippen LogP contribution in [0.25, 0.3) is 94.3 Å². The van der Waals surface area contributed by atoms with Crippen LogP contribution in [0, 0.1) is 0 Å².